The lowest BCUT2D eigenvalue weighted by molar-refractivity contribution is -0.114. The minimum absolute atomic E-state index is 0.127. The van der Waals surface area contributed by atoms with E-state index < -0.39 is 0 Å². The maximum absolute atomic E-state index is 11.4. The number of aryl methyl sites for hydroxylation is 1. The molecule has 0 bridgehead atoms. The molecular weight excluding hydrogens is 479 g/mol. The van der Waals surface area contributed by atoms with Crippen LogP contribution in [0.25, 0.3) is 22.3 Å². The summed E-state index contributed by atoms with van der Waals surface area (Å²) < 4.78 is 0.946. The average Bonchev–Trinajstić information content (AvgIpc) is 3.12. The van der Waals surface area contributed by atoms with Crippen LogP contribution in [0, 0.1) is 6.92 Å². The number of nitrogens with one attached hydrogen (secondary N) is 3. The van der Waals surface area contributed by atoms with E-state index in [0.717, 1.165) is 26.6 Å². The van der Waals surface area contributed by atoms with Crippen molar-refractivity contribution in [2.75, 3.05) is 10.6 Å². The maximum Gasteiger partial charge on any atom is 0.221 e. The lowest BCUT2D eigenvalue weighted by atomic mass is 10.1. The number of hydrogen-bond donors (Lipinski definition) is 3. The normalized spacial score (nSPS) is 10.9. The molecule has 2 aromatic carbocycles. The van der Waals surface area contributed by atoms with Crippen LogP contribution < -0.4 is 10.6 Å². The number of H-pyrrole nitrogens is 1. The molecule has 7 nitrogen and oxygen atoms in total. The van der Waals surface area contributed by atoms with Crippen molar-refractivity contribution in [1.29, 1.82) is 0 Å². The zero-order chi connectivity index (χ0) is 20.4. The summed E-state index contributed by atoms with van der Waals surface area (Å²) in [5.41, 5.74) is 4.54. The fourth-order valence-electron chi connectivity index (χ4n) is 2.98. The van der Waals surface area contributed by atoms with Crippen LogP contribution in [0.15, 0.2) is 48.5 Å². The number of fused-ring (bicyclic) bond motifs is 1. The molecular formula is C21H19IN6O. The first kappa shape index (κ1) is 19.3. The molecule has 29 heavy (non-hydrogen) atoms. The summed E-state index contributed by atoms with van der Waals surface area (Å²) in [4.78, 5) is 20.9. The Labute approximate surface area is 181 Å². The predicted molar refractivity (Wildman–Crippen MR) is 124 cm³/mol. The van der Waals surface area contributed by atoms with Gasteiger partial charge in [0.2, 0.25) is 5.91 Å². The van der Waals surface area contributed by atoms with Gasteiger partial charge < -0.3 is 10.6 Å². The molecule has 0 spiro atoms. The molecule has 0 radical (unpaired) electrons. The van der Waals surface area contributed by atoms with E-state index in [-0.39, 0.29) is 5.91 Å². The van der Waals surface area contributed by atoms with Gasteiger partial charge in [-0.05, 0) is 30.7 Å². The molecule has 0 aliphatic heterocycles. The summed E-state index contributed by atoms with van der Waals surface area (Å²) in [6.07, 6.45) is 0. The molecule has 0 atom stereocenters. The number of carbonyl (C=O) groups is 1. The minimum atomic E-state index is -0.127. The molecule has 8 heteroatoms. The van der Waals surface area contributed by atoms with Crippen molar-refractivity contribution < 1.29 is 4.79 Å². The van der Waals surface area contributed by atoms with E-state index in [1.54, 1.807) is 0 Å². The molecule has 3 N–H and O–H groups in total. The first-order valence-electron chi connectivity index (χ1n) is 9.05. The fourth-order valence-corrected chi connectivity index (χ4v) is 3.49. The molecule has 2 aromatic heterocycles. The number of aromatic amines is 1. The van der Waals surface area contributed by atoms with E-state index in [0.29, 0.717) is 23.1 Å². The van der Waals surface area contributed by atoms with E-state index in [4.69, 9.17) is 9.97 Å². The van der Waals surface area contributed by atoms with Crippen LogP contribution in [0.5, 0.6) is 0 Å². The summed E-state index contributed by atoms with van der Waals surface area (Å²) in [7, 11) is 0. The van der Waals surface area contributed by atoms with Crippen LogP contribution >= 0.6 is 22.6 Å². The SMILES string of the molecule is CC(=O)Nc1ccc2c(Nc3cc(C)[nH]n3)nc(-c3ccc(CI)cc3)nc2c1. The van der Waals surface area contributed by atoms with Crippen molar-refractivity contribution in [2.45, 2.75) is 18.3 Å². The zero-order valence-electron chi connectivity index (χ0n) is 16.0. The van der Waals surface area contributed by atoms with Crippen molar-refractivity contribution >= 4 is 56.7 Å². The van der Waals surface area contributed by atoms with Crippen LogP contribution in [0.3, 0.4) is 0 Å². The fraction of sp³-hybridized carbons (Fsp3) is 0.143. The topological polar surface area (TPSA) is 95.6 Å². The molecule has 4 aromatic rings. The van der Waals surface area contributed by atoms with Gasteiger partial charge in [-0.2, -0.15) is 5.10 Å². The van der Waals surface area contributed by atoms with Gasteiger partial charge in [0.1, 0.15) is 5.82 Å². The highest BCUT2D eigenvalue weighted by atomic mass is 127. The predicted octanol–water partition coefficient (Wildman–Crippen LogP) is 4.97. The number of alkyl halides is 1. The largest absolute Gasteiger partial charge is 0.326 e. The number of aromatic nitrogens is 4. The van der Waals surface area contributed by atoms with Gasteiger partial charge in [0, 0.05) is 39.7 Å². The van der Waals surface area contributed by atoms with Gasteiger partial charge in [-0.15, -0.1) is 0 Å². The Bertz CT molecular complexity index is 1190. The molecule has 1 amide bonds. The van der Waals surface area contributed by atoms with Gasteiger partial charge in [-0.25, -0.2) is 9.97 Å². The Kier molecular flexibility index (Phi) is 5.43. The lowest BCUT2D eigenvalue weighted by Crippen LogP contribution is -2.06. The third kappa shape index (κ3) is 4.37. The zero-order valence-corrected chi connectivity index (χ0v) is 18.1. The highest BCUT2D eigenvalue weighted by Gasteiger charge is 2.12. The number of benzene rings is 2. The first-order valence-corrected chi connectivity index (χ1v) is 10.6. The summed E-state index contributed by atoms with van der Waals surface area (Å²) in [6, 6.07) is 15.7. The monoisotopic (exact) mass is 498 g/mol. The number of rotatable bonds is 5. The number of anilines is 3. The van der Waals surface area contributed by atoms with E-state index in [9.17, 15) is 4.79 Å². The third-order valence-corrected chi connectivity index (χ3v) is 5.22. The molecule has 0 aliphatic rings. The second-order valence-electron chi connectivity index (χ2n) is 6.70. The van der Waals surface area contributed by atoms with Crippen molar-refractivity contribution in [2.24, 2.45) is 0 Å². The van der Waals surface area contributed by atoms with E-state index in [1.807, 2.05) is 43.3 Å². The molecule has 0 unspecified atom stereocenters. The van der Waals surface area contributed by atoms with Crippen LogP contribution in [0.2, 0.25) is 0 Å². The standard InChI is InChI=1S/C21H19IN6O/c1-12-9-19(28-27-12)25-21-17-8-7-16(23-13(2)29)10-18(17)24-20(26-21)15-5-3-14(11-22)4-6-15/h3-10H,11H2,1-2H3,(H,23,29)(H2,24,25,26,27,28). The molecule has 0 aliphatic carbocycles. The molecule has 2 heterocycles. The summed E-state index contributed by atoms with van der Waals surface area (Å²) in [5, 5.41) is 14.1. The minimum Gasteiger partial charge on any atom is -0.326 e. The second-order valence-corrected chi connectivity index (χ2v) is 7.46. The van der Waals surface area contributed by atoms with E-state index in [2.05, 4.69) is 55.6 Å². The Balaban J connectivity index is 1.84. The number of amides is 1. The van der Waals surface area contributed by atoms with Gasteiger partial charge in [-0.3, -0.25) is 9.89 Å². The molecule has 0 saturated carbocycles. The van der Waals surface area contributed by atoms with Crippen molar-refractivity contribution in [3.63, 3.8) is 0 Å². The van der Waals surface area contributed by atoms with Crippen molar-refractivity contribution in [3.05, 3.63) is 59.8 Å². The van der Waals surface area contributed by atoms with Crippen molar-refractivity contribution in [3.8, 4) is 11.4 Å². The van der Waals surface area contributed by atoms with Gasteiger partial charge in [0.15, 0.2) is 11.6 Å². The lowest BCUT2D eigenvalue weighted by Gasteiger charge is -2.11. The Morgan fingerprint density at radius 2 is 1.90 bits per heavy atom. The Morgan fingerprint density at radius 1 is 1.10 bits per heavy atom. The van der Waals surface area contributed by atoms with Gasteiger partial charge in [0.05, 0.1) is 5.52 Å². The van der Waals surface area contributed by atoms with Crippen LogP contribution in [-0.2, 0) is 9.22 Å². The highest BCUT2D eigenvalue weighted by Crippen LogP contribution is 2.29. The quantitative estimate of drug-likeness (QED) is 0.267. The second kappa shape index (κ2) is 8.16. The summed E-state index contributed by atoms with van der Waals surface area (Å²) >= 11 is 2.34. The number of carbonyl (C=O) groups excluding carboxylic acids is 1. The summed E-state index contributed by atoms with van der Waals surface area (Å²) in [6.45, 7) is 3.42. The molecule has 0 saturated heterocycles. The van der Waals surface area contributed by atoms with Gasteiger partial charge in [-0.1, -0.05) is 46.9 Å². The molecule has 0 fully saturated rings. The van der Waals surface area contributed by atoms with Crippen LogP contribution in [-0.4, -0.2) is 26.1 Å². The number of hydrogen-bond acceptors (Lipinski definition) is 5. The van der Waals surface area contributed by atoms with Gasteiger partial charge in [0.25, 0.3) is 0 Å². The molecule has 4 rings (SSSR count). The average molecular weight is 498 g/mol. The van der Waals surface area contributed by atoms with Crippen LogP contribution in [0.1, 0.15) is 18.2 Å². The Hall–Kier alpha value is -3.01. The smallest absolute Gasteiger partial charge is 0.221 e. The first-order chi connectivity index (χ1) is 14.0. The Morgan fingerprint density at radius 3 is 2.55 bits per heavy atom. The van der Waals surface area contributed by atoms with Crippen molar-refractivity contribution in [1.82, 2.24) is 20.2 Å². The van der Waals surface area contributed by atoms with Crippen LogP contribution in [0.4, 0.5) is 17.3 Å². The van der Waals surface area contributed by atoms with E-state index >= 15 is 0 Å². The highest BCUT2D eigenvalue weighted by molar-refractivity contribution is 14.1. The number of halogens is 1. The van der Waals surface area contributed by atoms with Gasteiger partial charge >= 0.3 is 0 Å². The maximum atomic E-state index is 11.4. The van der Waals surface area contributed by atoms with E-state index in [1.165, 1.54) is 12.5 Å². The third-order valence-electron chi connectivity index (χ3n) is 4.34. The molecule has 146 valence electrons. The summed E-state index contributed by atoms with van der Waals surface area (Å²) in [5.74, 6) is 1.81. The number of nitrogens with zero attached hydrogens (tertiary/aromatic N) is 3.